The number of carbonyl (C=O) groups is 1. The summed E-state index contributed by atoms with van der Waals surface area (Å²) < 4.78 is 21.8. The average molecular weight is 450 g/mol. The molecule has 0 spiro atoms. The Labute approximate surface area is 189 Å². The molecule has 0 saturated heterocycles. The molecular formula is C24H22N2O7. The first-order chi connectivity index (χ1) is 16.0. The number of amides is 1. The van der Waals surface area contributed by atoms with Crippen LogP contribution >= 0.6 is 0 Å². The number of methoxy groups -OCH3 is 2. The van der Waals surface area contributed by atoms with Gasteiger partial charge in [0.25, 0.3) is 11.6 Å². The molecule has 0 aliphatic rings. The van der Waals surface area contributed by atoms with Crippen molar-refractivity contribution in [3.05, 3.63) is 70.3 Å². The third-order valence-electron chi connectivity index (χ3n) is 5.22. The van der Waals surface area contributed by atoms with E-state index in [0.717, 1.165) is 21.9 Å². The molecule has 9 heteroatoms. The van der Waals surface area contributed by atoms with E-state index in [9.17, 15) is 14.9 Å². The van der Waals surface area contributed by atoms with Gasteiger partial charge in [-0.05, 0) is 36.8 Å². The third-order valence-corrected chi connectivity index (χ3v) is 5.22. The minimum absolute atomic E-state index is 0.0983. The number of nitro benzene ring substituents is 1. The van der Waals surface area contributed by atoms with Crippen LogP contribution in [0, 0.1) is 10.1 Å². The maximum Gasteiger partial charge on any atom is 0.276 e. The molecule has 0 bridgehead atoms. The van der Waals surface area contributed by atoms with Crippen LogP contribution in [0.4, 0.5) is 5.69 Å². The molecule has 3 aromatic carbocycles. The van der Waals surface area contributed by atoms with Crippen molar-refractivity contribution in [1.29, 1.82) is 0 Å². The summed E-state index contributed by atoms with van der Waals surface area (Å²) in [5, 5.41) is 16.0. The number of nitro groups is 1. The monoisotopic (exact) mass is 450 g/mol. The van der Waals surface area contributed by atoms with Gasteiger partial charge in [0.05, 0.1) is 25.2 Å². The summed E-state index contributed by atoms with van der Waals surface area (Å²) in [6.07, 6.45) is 0.245. The van der Waals surface area contributed by atoms with Gasteiger partial charge in [-0.3, -0.25) is 14.9 Å². The Bertz CT molecular complexity index is 1330. The normalized spacial score (nSPS) is 10.8. The van der Waals surface area contributed by atoms with Gasteiger partial charge in [0.15, 0.2) is 18.1 Å². The van der Waals surface area contributed by atoms with Crippen molar-refractivity contribution in [3.8, 4) is 17.2 Å². The number of rotatable bonds is 9. The molecule has 0 radical (unpaired) electrons. The van der Waals surface area contributed by atoms with Crippen molar-refractivity contribution in [2.24, 2.45) is 0 Å². The summed E-state index contributed by atoms with van der Waals surface area (Å²) in [5.41, 5.74) is 1.85. The second kappa shape index (κ2) is 9.47. The number of hydrogen-bond donors (Lipinski definition) is 1. The smallest absolute Gasteiger partial charge is 0.276 e. The van der Waals surface area contributed by atoms with Crippen LogP contribution in [0.25, 0.3) is 21.9 Å². The number of nitrogens with one attached hydrogen (secondary N) is 1. The lowest BCUT2D eigenvalue weighted by molar-refractivity contribution is -0.385. The van der Waals surface area contributed by atoms with E-state index in [0.29, 0.717) is 17.1 Å². The van der Waals surface area contributed by atoms with E-state index in [1.807, 2.05) is 30.3 Å². The predicted molar refractivity (Wildman–Crippen MR) is 122 cm³/mol. The van der Waals surface area contributed by atoms with Crippen LogP contribution in [-0.4, -0.2) is 38.2 Å². The van der Waals surface area contributed by atoms with Gasteiger partial charge in [-0.1, -0.05) is 18.2 Å². The minimum Gasteiger partial charge on any atom is -0.493 e. The van der Waals surface area contributed by atoms with Gasteiger partial charge in [0, 0.05) is 22.9 Å². The van der Waals surface area contributed by atoms with E-state index in [4.69, 9.17) is 18.6 Å². The summed E-state index contributed by atoms with van der Waals surface area (Å²) in [6, 6.07) is 15.9. The van der Waals surface area contributed by atoms with E-state index in [2.05, 4.69) is 5.32 Å². The topological polar surface area (TPSA) is 113 Å². The Morgan fingerprint density at radius 3 is 2.48 bits per heavy atom. The quantitative estimate of drug-likeness (QED) is 0.300. The van der Waals surface area contributed by atoms with Crippen LogP contribution in [0.5, 0.6) is 17.2 Å². The summed E-state index contributed by atoms with van der Waals surface area (Å²) in [4.78, 5) is 23.2. The standard InChI is InChI=1S/C24H22N2O7/c1-30-22-11-15(19(26(28)29)13-23(22)31-2)9-10-25-24(27)14-32-16-7-8-21-18(12-16)17-5-3-4-6-20(17)33-21/h3-8,11-13H,9-10,14H2,1-2H3,(H,25,27). The zero-order valence-electron chi connectivity index (χ0n) is 18.1. The highest BCUT2D eigenvalue weighted by Gasteiger charge is 2.19. The molecule has 0 aliphatic heterocycles. The van der Waals surface area contributed by atoms with Crippen molar-refractivity contribution in [1.82, 2.24) is 5.32 Å². The maximum atomic E-state index is 12.2. The third kappa shape index (κ3) is 4.67. The van der Waals surface area contributed by atoms with Crippen LogP contribution < -0.4 is 19.5 Å². The molecule has 1 aromatic heterocycles. The first kappa shape index (κ1) is 21.9. The van der Waals surface area contributed by atoms with Crippen molar-refractivity contribution in [3.63, 3.8) is 0 Å². The summed E-state index contributed by atoms with van der Waals surface area (Å²) in [6.45, 7) is 0.0131. The second-order valence-electron chi connectivity index (χ2n) is 7.24. The van der Waals surface area contributed by atoms with Gasteiger partial charge < -0.3 is 23.9 Å². The van der Waals surface area contributed by atoms with Crippen LogP contribution in [0.1, 0.15) is 5.56 Å². The molecule has 0 fully saturated rings. The van der Waals surface area contributed by atoms with Crippen LogP contribution in [0.15, 0.2) is 59.0 Å². The number of carbonyl (C=O) groups excluding carboxylic acids is 1. The molecule has 0 saturated carbocycles. The van der Waals surface area contributed by atoms with E-state index in [-0.39, 0.29) is 36.9 Å². The molecule has 0 aliphatic carbocycles. The van der Waals surface area contributed by atoms with Crippen LogP contribution in [-0.2, 0) is 11.2 Å². The first-order valence-electron chi connectivity index (χ1n) is 10.2. The number of furan rings is 1. The zero-order chi connectivity index (χ0) is 23.4. The van der Waals surface area contributed by atoms with Gasteiger partial charge in [-0.2, -0.15) is 0 Å². The molecule has 170 valence electrons. The Morgan fingerprint density at radius 1 is 1.00 bits per heavy atom. The number of benzene rings is 3. The molecule has 33 heavy (non-hydrogen) atoms. The number of fused-ring (bicyclic) bond motifs is 3. The SMILES string of the molecule is COc1cc(CCNC(=O)COc2ccc3oc4ccccc4c3c2)c([N+](=O)[O-])cc1OC. The van der Waals surface area contributed by atoms with E-state index in [1.54, 1.807) is 18.2 Å². The molecular weight excluding hydrogens is 428 g/mol. The lowest BCUT2D eigenvalue weighted by Gasteiger charge is -2.11. The fraction of sp³-hybridized carbons (Fsp3) is 0.208. The Kier molecular flexibility index (Phi) is 6.30. The van der Waals surface area contributed by atoms with E-state index in [1.165, 1.54) is 20.3 Å². The maximum absolute atomic E-state index is 12.2. The average Bonchev–Trinajstić information content (AvgIpc) is 3.20. The minimum atomic E-state index is -0.488. The lowest BCUT2D eigenvalue weighted by atomic mass is 10.1. The number of para-hydroxylation sites is 1. The highest BCUT2D eigenvalue weighted by Crippen LogP contribution is 2.34. The van der Waals surface area contributed by atoms with Crippen molar-refractivity contribution >= 4 is 33.5 Å². The fourth-order valence-electron chi connectivity index (χ4n) is 3.61. The molecule has 1 amide bonds. The van der Waals surface area contributed by atoms with Crippen molar-refractivity contribution in [2.45, 2.75) is 6.42 Å². The van der Waals surface area contributed by atoms with Gasteiger partial charge in [-0.15, -0.1) is 0 Å². The highest BCUT2D eigenvalue weighted by molar-refractivity contribution is 6.05. The van der Waals surface area contributed by atoms with Gasteiger partial charge in [0.1, 0.15) is 16.9 Å². The highest BCUT2D eigenvalue weighted by atomic mass is 16.6. The molecule has 4 aromatic rings. The molecule has 1 heterocycles. The molecule has 9 nitrogen and oxygen atoms in total. The van der Waals surface area contributed by atoms with Crippen LogP contribution in [0.3, 0.4) is 0 Å². The van der Waals surface area contributed by atoms with Crippen molar-refractivity contribution < 1.29 is 28.3 Å². The Hall–Kier alpha value is -4.27. The van der Waals surface area contributed by atoms with E-state index >= 15 is 0 Å². The summed E-state index contributed by atoms with van der Waals surface area (Å²) in [7, 11) is 2.87. The van der Waals surface area contributed by atoms with Gasteiger partial charge >= 0.3 is 0 Å². The van der Waals surface area contributed by atoms with Crippen molar-refractivity contribution in [2.75, 3.05) is 27.4 Å². The zero-order valence-corrected chi connectivity index (χ0v) is 18.1. The molecule has 0 atom stereocenters. The largest absolute Gasteiger partial charge is 0.493 e. The molecule has 4 rings (SSSR count). The number of nitrogens with zero attached hydrogens (tertiary/aromatic N) is 1. The molecule has 1 N–H and O–H groups in total. The number of hydrogen-bond acceptors (Lipinski definition) is 7. The first-order valence-corrected chi connectivity index (χ1v) is 10.2. The van der Waals surface area contributed by atoms with Gasteiger partial charge in [-0.25, -0.2) is 0 Å². The fourth-order valence-corrected chi connectivity index (χ4v) is 3.61. The summed E-state index contributed by atoms with van der Waals surface area (Å²) in [5.74, 6) is 0.859. The van der Waals surface area contributed by atoms with Gasteiger partial charge in [0.2, 0.25) is 0 Å². The Morgan fingerprint density at radius 2 is 1.73 bits per heavy atom. The Balaban J connectivity index is 1.36. The predicted octanol–water partition coefficient (Wildman–Crippen LogP) is 4.25. The molecule has 0 unspecified atom stereocenters. The second-order valence-corrected chi connectivity index (χ2v) is 7.24. The summed E-state index contributed by atoms with van der Waals surface area (Å²) >= 11 is 0. The van der Waals surface area contributed by atoms with E-state index < -0.39 is 4.92 Å². The number of ether oxygens (including phenoxy) is 3. The van der Waals surface area contributed by atoms with Crippen LogP contribution in [0.2, 0.25) is 0 Å². The lowest BCUT2D eigenvalue weighted by Crippen LogP contribution is -2.30.